The number of piperazine rings is 1. The molecule has 1 amide bonds. The summed E-state index contributed by atoms with van der Waals surface area (Å²) in [6.07, 6.45) is 0. The highest BCUT2D eigenvalue weighted by Gasteiger charge is 2.22. The van der Waals surface area contributed by atoms with Crippen LogP contribution in [0.5, 0.6) is 0 Å². The van der Waals surface area contributed by atoms with Gasteiger partial charge in [0.2, 0.25) is 5.91 Å². The Balaban J connectivity index is 2.37. The lowest BCUT2D eigenvalue weighted by molar-refractivity contribution is -0.144. The van der Waals surface area contributed by atoms with Crippen molar-refractivity contribution in [3.8, 4) is 0 Å². The Labute approximate surface area is 77.2 Å². The summed E-state index contributed by atoms with van der Waals surface area (Å²) in [4.78, 5) is 25.5. The van der Waals surface area contributed by atoms with Crippen molar-refractivity contribution in [1.29, 1.82) is 0 Å². The predicted molar refractivity (Wildman–Crippen MR) is 46.1 cm³/mol. The zero-order valence-electron chi connectivity index (χ0n) is 7.95. The normalized spacial score (nSPS) is 18.9. The zero-order chi connectivity index (χ0) is 9.84. The molecule has 0 unspecified atom stereocenters. The summed E-state index contributed by atoms with van der Waals surface area (Å²) in [5, 5.41) is 0. The molecule has 0 radical (unpaired) electrons. The molecule has 0 atom stereocenters. The first-order chi connectivity index (χ1) is 6.13. The second-order valence-electron chi connectivity index (χ2n) is 3.10. The number of rotatable bonds is 2. The number of likely N-dealkylation sites (N-methyl/N-ethyl adjacent to an activating group) is 1. The molecule has 0 aromatic carbocycles. The first kappa shape index (κ1) is 9.98. The molecular weight excluding hydrogens is 172 g/mol. The molecule has 0 saturated carbocycles. The van der Waals surface area contributed by atoms with Crippen molar-refractivity contribution in [3.63, 3.8) is 0 Å². The van der Waals surface area contributed by atoms with Crippen LogP contribution in [0.4, 0.5) is 0 Å². The average Bonchev–Trinajstić information content (AvgIpc) is 2.11. The monoisotopic (exact) mass is 186 g/mol. The van der Waals surface area contributed by atoms with Crippen molar-refractivity contribution < 1.29 is 14.3 Å². The molecule has 5 heteroatoms. The van der Waals surface area contributed by atoms with Gasteiger partial charge in [-0.2, -0.15) is 0 Å². The topological polar surface area (TPSA) is 49.9 Å². The van der Waals surface area contributed by atoms with E-state index >= 15 is 0 Å². The molecular formula is C8H14N2O3. The van der Waals surface area contributed by atoms with E-state index in [1.54, 1.807) is 16.8 Å². The Morgan fingerprint density at radius 2 is 2.23 bits per heavy atom. The Hall–Kier alpha value is -1.10. The summed E-state index contributed by atoms with van der Waals surface area (Å²) >= 11 is 0. The molecule has 0 aromatic heterocycles. The molecule has 0 aromatic rings. The Morgan fingerprint density at radius 3 is 2.77 bits per heavy atom. The van der Waals surface area contributed by atoms with Crippen LogP contribution in [0.2, 0.25) is 0 Å². The van der Waals surface area contributed by atoms with Gasteiger partial charge in [-0.25, -0.2) is 0 Å². The van der Waals surface area contributed by atoms with Gasteiger partial charge in [0, 0.05) is 20.1 Å². The highest BCUT2D eigenvalue weighted by Crippen LogP contribution is 2.00. The summed E-state index contributed by atoms with van der Waals surface area (Å²) < 4.78 is 4.51. The average molecular weight is 186 g/mol. The smallest absolute Gasteiger partial charge is 0.319 e. The number of esters is 1. The quantitative estimate of drug-likeness (QED) is 0.515. The molecule has 74 valence electrons. The maximum Gasteiger partial charge on any atom is 0.319 e. The number of nitrogens with zero attached hydrogens (tertiary/aromatic N) is 2. The van der Waals surface area contributed by atoms with Crippen LogP contribution in [0.25, 0.3) is 0 Å². The summed E-state index contributed by atoms with van der Waals surface area (Å²) in [7, 11) is 3.11. The molecule has 0 aliphatic carbocycles. The van der Waals surface area contributed by atoms with E-state index in [9.17, 15) is 9.59 Å². The number of amides is 1. The molecule has 0 N–H and O–H groups in total. The molecule has 1 rings (SSSR count). The highest BCUT2D eigenvalue weighted by molar-refractivity contribution is 5.80. The summed E-state index contributed by atoms with van der Waals surface area (Å²) in [6.45, 7) is 1.93. The molecule has 5 nitrogen and oxygen atoms in total. The largest absolute Gasteiger partial charge is 0.468 e. The van der Waals surface area contributed by atoms with Crippen molar-refractivity contribution >= 4 is 11.9 Å². The number of hydrogen-bond acceptors (Lipinski definition) is 4. The molecule has 1 aliphatic rings. The Kier molecular flexibility index (Phi) is 3.25. The van der Waals surface area contributed by atoms with Gasteiger partial charge in [-0.05, 0) is 0 Å². The maximum absolute atomic E-state index is 11.2. The van der Waals surface area contributed by atoms with Crippen molar-refractivity contribution in [2.45, 2.75) is 0 Å². The molecule has 1 heterocycles. The van der Waals surface area contributed by atoms with Crippen molar-refractivity contribution in [2.75, 3.05) is 40.3 Å². The third-order valence-corrected chi connectivity index (χ3v) is 2.12. The molecule has 1 saturated heterocycles. The third kappa shape index (κ3) is 2.69. The van der Waals surface area contributed by atoms with E-state index in [2.05, 4.69) is 4.74 Å². The minimum Gasteiger partial charge on any atom is -0.468 e. The standard InChI is InChI=1S/C8H14N2O3/c1-9-3-4-10(5-7(9)11)6-8(12)13-2/h3-6H2,1-2H3. The fourth-order valence-corrected chi connectivity index (χ4v) is 1.19. The van der Waals surface area contributed by atoms with Crippen LogP contribution >= 0.6 is 0 Å². The Morgan fingerprint density at radius 1 is 1.54 bits per heavy atom. The SMILES string of the molecule is COC(=O)CN1CCN(C)C(=O)C1. The summed E-state index contributed by atoms with van der Waals surface area (Å²) in [5.41, 5.74) is 0. The van der Waals surface area contributed by atoms with E-state index in [0.29, 0.717) is 13.1 Å². The predicted octanol–water partition coefficient (Wildman–Crippen LogP) is -1.07. The van der Waals surface area contributed by atoms with Crippen LogP contribution < -0.4 is 0 Å². The minimum absolute atomic E-state index is 0.0511. The van der Waals surface area contributed by atoms with Gasteiger partial charge < -0.3 is 9.64 Å². The van der Waals surface area contributed by atoms with Crippen LogP contribution in [0, 0.1) is 0 Å². The van der Waals surface area contributed by atoms with E-state index in [1.807, 2.05) is 0 Å². The number of ether oxygens (including phenoxy) is 1. The first-order valence-corrected chi connectivity index (χ1v) is 4.16. The minimum atomic E-state index is -0.294. The third-order valence-electron chi connectivity index (χ3n) is 2.12. The van der Waals surface area contributed by atoms with E-state index in [1.165, 1.54) is 7.11 Å². The number of methoxy groups -OCH3 is 1. The molecule has 13 heavy (non-hydrogen) atoms. The van der Waals surface area contributed by atoms with Crippen LogP contribution in [-0.4, -0.2) is 62.0 Å². The van der Waals surface area contributed by atoms with Crippen LogP contribution in [-0.2, 0) is 14.3 Å². The van der Waals surface area contributed by atoms with Gasteiger partial charge in [-0.1, -0.05) is 0 Å². The fraction of sp³-hybridized carbons (Fsp3) is 0.750. The number of carbonyl (C=O) groups excluding carboxylic acids is 2. The van der Waals surface area contributed by atoms with Gasteiger partial charge in [-0.15, -0.1) is 0 Å². The highest BCUT2D eigenvalue weighted by atomic mass is 16.5. The molecule has 1 fully saturated rings. The number of hydrogen-bond donors (Lipinski definition) is 0. The van der Waals surface area contributed by atoms with Gasteiger partial charge in [0.1, 0.15) is 0 Å². The molecule has 1 aliphatic heterocycles. The van der Waals surface area contributed by atoms with Crippen LogP contribution in [0.1, 0.15) is 0 Å². The second kappa shape index (κ2) is 4.23. The lowest BCUT2D eigenvalue weighted by atomic mass is 10.3. The fourth-order valence-electron chi connectivity index (χ4n) is 1.19. The van der Waals surface area contributed by atoms with Gasteiger partial charge in [0.25, 0.3) is 0 Å². The van der Waals surface area contributed by atoms with Crippen molar-refractivity contribution in [3.05, 3.63) is 0 Å². The first-order valence-electron chi connectivity index (χ1n) is 4.16. The van der Waals surface area contributed by atoms with Crippen LogP contribution in [0.15, 0.2) is 0 Å². The van der Waals surface area contributed by atoms with Crippen molar-refractivity contribution in [1.82, 2.24) is 9.80 Å². The zero-order valence-corrected chi connectivity index (χ0v) is 7.95. The number of carbonyl (C=O) groups is 2. The molecule has 0 bridgehead atoms. The van der Waals surface area contributed by atoms with E-state index in [4.69, 9.17) is 0 Å². The van der Waals surface area contributed by atoms with E-state index < -0.39 is 0 Å². The lowest BCUT2D eigenvalue weighted by Crippen LogP contribution is -2.49. The van der Waals surface area contributed by atoms with E-state index in [-0.39, 0.29) is 18.4 Å². The lowest BCUT2D eigenvalue weighted by Gasteiger charge is -2.30. The van der Waals surface area contributed by atoms with Crippen LogP contribution in [0.3, 0.4) is 0 Å². The second-order valence-corrected chi connectivity index (χ2v) is 3.10. The molecule has 0 spiro atoms. The van der Waals surface area contributed by atoms with Crippen molar-refractivity contribution in [2.24, 2.45) is 0 Å². The van der Waals surface area contributed by atoms with Gasteiger partial charge in [-0.3, -0.25) is 14.5 Å². The van der Waals surface area contributed by atoms with E-state index in [0.717, 1.165) is 6.54 Å². The summed E-state index contributed by atoms with van der Waals surface area (Å²) in [5.74, 6) is -0.243. The van der Waals surface area contributed by atoms with Gasteiger partial charge in [0.15, 0.2) is 0 Å². The van der Waals surface area contributed by atoms with Gasteiger partial charge >= 0.3 is 5.97 Å². The van der Waals surface area contributed by atoms with Gasteiger partial charge in [0.05, 0.1) is 20.2 Å². The summed E-state index contributed by atoms with van der Waals surface area (Å²) in [6, 6.07) is 0. The Bertz CT molecular complexity index is 215. The maximum atomic E-state index is 11.2.